The zero-order valence-corrected chi connectivity index (χ0v) is 11.2. The topological polar surface area (TPSA) is 55.6 Å². The van der Waals surface area contributed by atoms with Gasteiger partial charge in [0, 0.05) is 37.5 Å². The molecule has 3 unspecified atom stereocenters. The van der Waals surface area contributed by atoms with E-state index in [1.807, 2.05) is 29.2 Å². The molecule has 2 N–H and O–H groups in total. The van der Waals surface area contributed by atoms with Crippen molar-refractivity contribution >= 4 is 11.6 Å². The van der Waals surface area contributed by atoms with Gasteiger partial charge in [0.15, 0.2) is 0 Å². The highest BCUT2D eigenvalue weighted by atomic mass is 16.5. The van der Waals surface area contributed by atoms with Crippen LogP contribution in [0.3, 0.4) is 0 Å². The van der Waals surface area contributed by atoms with Crippen LogP contribution >= 0.6 is 0 Å². The molecule has 0 spiro atoms. The molecule has 2 saturated heterocycles. The molecule has 3 fully saturated rings. The van der Waals surface area contributed by atoms with E-state index in [1.165, 1.54) is 0 Å². The Balaban J connectivity index is 1.68. The lowest BCUT2D eigenvalue weighted by atomic mass is 9.77. The lowest BCUT2D eigenvalue weighted by Crippen LogP contribution is -2.56. The number of rotatable bonds is 2. The van der Waals surface area contributed by atoms with Crippen LogP contribution < -0.4 is 10.5 Å². The Kier molecular flexibility index (Phi) is 3.09. The van der Waals surface area contributed by atoms with E-state index in [0.29, 0.717) is 12.0 Å². The monoisotopic (exact) mass is 260 g/mol. The lowest BCUT2D eigenvalue weighted by molar-refractivity contribution is -0.140. The van der Waals surface area contributed by atoms with Crippen molar-refractivity contribution in [2.75, 3.05) is 12.3 Å². The van der Waals surface area contributed by atoms with Gasteiger partial charge in [0.05, 0.1) is 0 Å². The summed E-state index contributed by atoms with van der Waals surface area (Å²) < 4.78 is 6.08. The van der Waals surface area contributed by atoms with E-state index in [-0.39, 0.29) is 12.0 Å². The van der Waals surface area contributed by atoms with Crippen molar-refractivity contribution in [1.82, 2.24) is 4.90 Å². The standard InChI is InChI=1S/C15H20N2O2/c1-10(18)17-9-11-2-5-13(17)8-15(11)19-14-6-3-12(16)4-7-14/h3-4,6-7,11,13,15H,2,5,8-9,16H2,1H3. The largest absolute Gasteiger partial charge is 0.490 e. The molecule has 4 heteroatoms. The van der Waals surface area contributed by atoms with Gasteiger partial charge in [0.1, 0.15) is 11.9 Å². The summed E-state index contributed by atoms with van der Waals surface area (Å²) in [5, 5.41) is 0. The molecule has 2 aliphatic heterocycles. The number of carbonyl (C=O) groups is 1. The summed E-state index contributed by atoms with van der Waals surface area (Å²) in [5.74, 6) is 1.54. The maximum atomic E-state index is 11.6. The molecule has 1 saturated carbocycles. The van der Waals surface area contributed by atoms with Gasteiger partial charge in [-0.15, -0.1) is 0 Å². The van der Waals surface area contributed by atoms with Crippen molar-refractivity contribution in [2.24, 2.45) is 5.92 Å². The quantitative estimate of drug-likeness (QED) is 0.828. The van der Waals surface area contributed by atoms with E-state index in [0.717, 1.165) is 37.2 Å². The van der Waals surface area contributed by atoms with Gasteiger partial charge in [-0.3, -0.25) is 4.79 Å². The Morgan fingerprint density at radius 3 is 2.63 bits per heavy atom. The maximum absolute atomic E-state index is 11.6. The van der Waals surface area contributed by atoms with E-state index in [2.05, 4.69) is 0 Å². The minimum absolute atomic E-state index is 0.195. The van der Waals surface area contributed by atoms with Gasteiger partial charge in [-0.2, -0.15) is 0 Å². The van der Waals surface area contributed by atoms with Crippen molar-refractivity contribution in [3.63, 3.8) is 0 Å². The Labute approximate surface area is 113 Å². The molecule has 3 atom stereocenters. The number of nitrogens with zero attached hydrogens (tertiary/aromatic N) is 1. The van der Waals surface area contributed by atoms with Gasteiger partial charge in [0.2, 0.25) is 5.91 Å². The van der Waals surface area contributed by atoms with Crippen molar-refractivity contribution in [3.8, 4) is 5.75 Å². The number of piperidine rings is 2. The molecule has 2 heterocycles. The molecular weight excluding hydrogens is 240 g/mol. The van der Waals surface area contributed by atoms with Gasteiger partial charge in [-0.25, -0.2) is 0 Å². The van der Waals surface area contributed by atoms with Gasteiger partial charge in [-0.1, -0.05) is 0 Å². The molecular formula is C15H20N2O2. The summed E-state index contributed by atoms with van der Waals surface area (Å²) >= 11 is 0. The first kappa shape index (κ1) is 12.3. The van der Waals surface area contributed by atoms with Crippen LogP contribution in [0.5, 0.6) is 5.75 Å². The predicted octanol–water partition coefficient (Wildman–Crippen LogP) is 2.05. The van der Waals surface area contributed by atoms with E-state index in [4.69, 9.17) is 10.5 Å². The summed E-state index contributed by atoms with van der Waals surface area (Å²) in [4.78, 5) is 13.6. The van der Waals surface area contributed by atoms with Crippen LogP contribution in [-0.2, 0) is 4.79 Å². The second-order valence-corrected chi connectivity index (χ2v) is 5.62. The second kappa shape index (κ2) is 4.76. The first-order valence-corrected chi connectivity index (χ1v) is 6.93. The fourth-order valence-electron chi connectivity index (χ4n) is 3.32. The summed E-state index contributed by atoms with van der Waals surface area (Å²) in [7, 11) is 0. The number of hydrogen-bond donors (Lipinski definition) is 1. The number of nitrogen functional groups attached to an aromatic ring is 1. The number of anilines is 1. The average Bonchev–Trinajstić information content (AvgIpc) is 2.42. The van der Waals surface area contributed by atoms with Crippen molar-refractivity contribution < 1.29 is 9.53 Å². The molecule has 3 aliphatic rings. The zero-order chi connectivity index (χ0) is 13.4. The van der Waals surface area contributed by atoms with Crippen LogP contribution in [0.4, 0.5) is 5.69 Å². The number of fused-ring (bicyclic) bond motifs is 3. The number of benzene rings is 1. The summed E-state index contributed by atoms with van der Waals surface area (Å²) in [6.45, 7) is 2.51. The van der Waals surface area contributed by atoms with E-state index in [9.17, 15) is 4.79 Å². The normalized spacial score (nSPS) is 29.3. The highest BCUT2D eigenvalue weighted by molar-refractivity contribution is 5.74. The van der Waals surface area contributed by atoms with Gasteiger partial charge >= 0.3 is 0 Å². The molecule has 4 nitrogen and oxygen atoms in total. The smallest absolute Gasteiger partial charge is 0.219 e. The molecule has 1 amide bonds. The SMILES string of the molecule is CC(=O)N1CC2CCC1CC2Oc1ccc(N)cc1. The number of ether oxygens (including phenoxy) is 1. The fourth-order valence-corrected chi connectivity index (χ4v) is 3.32. The van der Waals surface area contributed by atoms with Crippen molar-refractivity contribution in [1.29, 1.82) is 0 Å². The van der Waals surface area contributed by atoms with Gasteiger partial charge in [-0.05, 0) is 37.1 Å². The molecule has 4 rings (SSSR count). The summed E-state index contributed by atoms with van der Waals surface area (Å²) in [6.07, 6.45) is 3.46. The number of nitrogens with two attached hydrogens (primary N) is 1. The second-order valence-electron chi connectivity index (χ2n) is 5.62. The Morgan fingerprint density at radius 1 is 1.32 bits per heavy atom. The highest BCUT2D eigenvalue weighted by Crippen LogP contribution is 2.37. The minimum atomic E-state index is 0.195. The summed E-state index contributed by atoms with van der Waals surface area (Å²) in [6, 6.07) is 7.92. The maximum Gasteiger partial charge on any atom is 0.219 e. The van der Waals surface area contributed by atoms with Crippen molar-refractivity contribution in [2.45, 2.75) is 38.3 Å². The van der Waals surface area contributed by atoms with E-state index >= 15 is 0 Å². The predicted molar refractivity (Wildman–Crippen MR) is 73.8 cm³/mol. The highest BCUT2D eigenvalue weighted by Gasteiger charge is 2.42. The van der Waals surface area contributed by atoms with Crippen LogP contribution in [0.25, 0.3) is 0 Å². The zero-order valence-electron chi connectivity index (χ0n) is 11.2. The number of carbonyl (C=O) groups excluding carboxylic acids is 1. The van der Waals surface area contributed by atoms with Gasteiger partial charge in [0.25, 0.3) is 0 Å². The van der Waals surface area contributed by atoms with Crippen molar-refractivity contribution in [3.05, 3.63) is 24.3 Å². The molecule has 1 aliphatic carbocycles. The third-order valence-corrected chi connectivity index (χ3v) is 4.34. The number of amides is 1. The van der Waals surface area contributed by atoms with Crippen LogP contribution in [0.1, 0.15) is 26.2 Å². The lowest BCUT2D eigenvalue weighted by Gasteiger charge is -2.48. The molecule has 19 heavy (non-hydrogen) atoms. The van der Waals surface area contributed by atoms with E-state index < -0.39 is 0 Å². The molecule has 0 radical (unpaired) electrons. The molecule has 1 aromatic rings. The molecule has 102 valence electrons. The minimum Gasteiger partial charge on any atom is -0.490 e. The van der Waals surface area contributed by atoms with Crippen LogP contribution in [-0.4, -0.2) is 29.5 Å². The molecule has 2 bridgehead atoms. The van der Waals surface area contributed by atoms with Crippen LogP contribution in [0, 0.1) is 5.92 Å². The first-order valence-electron chi connectivity index (χ1n) is 6.93. The number of hydrogen-bond acceptors (Lipinski definition) is 3. The third kappa shape index (κ3) is 2.39. The third-order valence-electron chi connectivity index (χ3n) is 4.34. The Bertz CT molecular complexity index is 472. The Hall–Kier alpha value is -1.71. The molecule has 0 aromatic heterocycles. The first-order chi connectivity index (χ1) is 9.13. The molecule has 1 aromatic carbocycles. The summed E-state index contributed by atoms with van der Waals surface area (Å²) in [5.41, 5.74) is 6.42. The fraction of sp³-hybridized carbons (Fsp3) is 0.533. The van der Waals surface area contributed by atoms with Crippen LogP contribution in [0.15, 0.2) is 24.3 Å². The Morgan fingerprint density at radius 2 is 2.05 bits per heavy atom. The van der Waals surface area contributed by atoms with Gasteiger partial charge < -0.3 is 15.4 Å². The van der Waals surface area contributed by atoms with E-state index in [1.54, 1.807) is 6.92 Å². The average molecular weight is 260 g/mol. The van der Waals surface area contributed by atoms with Crippen LogP contribution in [0.2, 0.25) is 0 Å².